The van der Waals surface area contributed by atoms with Crippen LogP contribution in [0.5, 0.6) is 11.5 Å². The van der Waals surface area contributed by atoms with Crippen molar-refractivity contribution >= 4 is 11.0 Å². The van der Waals surface area contributed by atoms with Gasteiger partial charge in [0.15, 0.2) is 0 Å². The van der Waals surface area contributed by atoms with Gasteiger partial charge in [-0.2, -0.15) is 0 Å². The van der Waals surface area contributed by atoms with Crippen LogP contribution in [0.15, 0.2) is 42.5 Å². The quantitative estimate of drug-likeness (QED) is 0.692. The molecule has 1 aliphatic heterocycles. The topological polar surface area (TPSA) is 39.5 Å². The number of methoxy groups -OCH3 is 2. The average Bonchev–Trinajstić information content (AvgIpc) is 3.26. The van der Waals surface area contributed by atoms with Crippen molar-refractivity contribution in [2.75, 3.05) is 20.8 Å². The molecule has 0 saturated carbocycles. The summed E-state index contributed by atoms with van der Waals surface area (Å²) < 4.78 is 13.4. The summed E-state index contributed by atoms with van der Waals surface area (Å²) in [6.07, 6.45) is 2.30. The number of rotatable bonds is 5. The van der Waals surface area contributed by atoms with Crippen molar-refractivity contribution in [1.29, 1.82) is 0 Å². The highest BCUT2D eigenvalue weighted by Gasteiger charge is 2.29. The predicted molar refractivity (Wildman–Crippen MR) is 103 cm³/mol. The highest BCUT2D eigenvalue weighted by atomic mass is 16.5. The number of benzene rings is 2. The van der Waals surface area contributed by atoms with Gasteiger partial charge in [0.2, 0.25) is 0 Å². The minimum absolute atomic E-state index is 0.320. The number of likely N-dealkylation sites (tertiary alicyclic amines) is 1. The number of aromatic nitrogens is 2. The zero-order chi connectivity index (χ0) is 18.1. The maximum atomic E-state index is 5.63. The Morgan fingerprint density at radius 3 is 2.77 bits per heavy atom. The second-order valence-electron chi connectivity index (χ2n) is 6.80. The monoisotopic (exact) mass is 351 g/mol. The minimum Gasteiger partial charge on any atom is -0.497 e. The fourth-order valence-electron chi connectivity index (χ4n) is 4.00. The van der Waals surface area contributed by atoms with E-state index < -0.39 is 0 Å². The average molecular weight is 351 g/mol. The number of aryl methyl sites for hydroxylation is 1. The Morgan fingerprint density at radius 2 is 1.96 bits per heavy atom. The lowest BCUT2D eigenvalue weighted by Gasteiger charge is -2.27. The second kappa shape index (κ2) is 7.00. The van der Waals surface area contributed by atoms with Crippen LogP contribution in [0, 0.1) is 6.92 Å². The molecule has 1 fully saturated rings. The fourth-order valence-corrected chi connectivity index (χ4v) is 4.00. The van der Waals surface area contributed by atoms with Gasteiger partial charge in [-0.1, -0.05) is 12.1 Å². The van der Waals surface area contributed by atoms with E-state index in [1.54, 1.807) is 14.2 Å². The summed E-state index contributed by atoms with van der Waals surface area (Å²) in [5.41, 5.74) is 3.44. The molecule has 1 atom stereocenters. The van der Waals surface area contributed by atoms with Crippen molar-refractivity contribution < 1.29 is 9.47 Å². The SMILES string of the molecule is COc1ccc(OC)c([C@H]2CCCN2Cn2c(C)nc3ccccc32)c1. The standard InChI is InChI=1S/C21H25N3O2/c1-15-22-18-7-4-5-8-20(18)24(15)14-23-12-6-9-19(23)17-13-16(25-2)10-11-21(17)26-3/h4-5,7-8,10-11,13,19H,6,9,12,14H2,1-3H3/t19-/m1/s1. The van der Waals surface area contributed by atoms with Gasteiger partial charge in [-0.15, -0.1) is 0 Å². The Morgan fingerprint density at radius 1 is 1.12 bits per heavy atom. The Bertz CT molecular complexity index is 919. The summed E-state index contributed by atoms with van der Waals surface area (Å²) >= 11 is 0. The van der Waals surface area contributed by atoms with E-state index in [2.05, 4.69) is 40.7 Å². The van der Waals surface area contributed by atoms with E-state index in [-0.39, 0.29) is 0 Å². The van der Waals surface area contributed by atoms with Gasteiger partial charge in [0.1, 0.15) is 17.3 Å². The van der Waals surface area contributed by atoms with Crippen molar-refractivity contribution in [3.05, 3.63) is 53.9 Å². The molecular weight excluding hydrogens is 326 g/mol. The maximum Gasteiger partial charge on any atom is 0.123 e. The molecule has 26 heavy (non-hydrogen) atoms. The molecule has 3 aromatic rings. The van der Waals surface area contributed by atoms with Crippen LogP contribution in [0.4, 0.5) is 0 Å². The van der Waals surface area contributed by atoms with Gasteiger partial charge in [-0.05, 0) is 50.1 Å². The first kappa shape index (κ1) is 16.9. The molecule has 5 nitrogen and oxygen atoms in total. The number of hydrogen-bond acceptors (Lipinski definition) is 4. The Labute approximate surface area is 154 Å². The Kier molecular flexibility index (Phi) is 4.55. The third-order valence-corrected chi connectivity index (χ3v) is 5.33. The number of imidazole rings is 1. The molecule has 0 aliphatic carbocycles. The molecule has 0 radical (unpaired) electrons. The number of ether oxygens (including phenoxy) is 2. The molecule has 0 bridgehead atoms. The van der Waals surface area contributed by atoms with Crippen molar-refractivity contribution in [1.82, 2.24) is 14.5 Å². The van der Waals surface area contributed by atoms with E-state index in [1.807, 2.05) is 18.2 Å². The molecule has 1 aliphatic rings. The van der Waals surface area contributed by atoms with Crippen LogP contribution in [0.2, 0.25) is 0 Å². The van der Waals surface area contributed by atoms with Crippen LogP contribution < -0.4 is 9.47 Å². The predicted octanol–water partition coefficient (Wildman–Crippen LogP) is 4.16. The molecule has 5 heteroatoms. The molecule has 0 amide bonds. The lowest BCUT2D eigenvalue weighted by Crippen LogP contribution is -2.27. The third kappa shape index (κ3) is 2.92. The van der Waals surface area contributed by atoms with Gasteiger partial charge in [-0.3, -0.25) is 4.90 Å². The van der Waals surface area contributed by atoms with Crippen molar-refractivity contribution in [2.24, 2.45) is 0 Å². The smallest absolute Gasteiger partial charge is 0.123 e. The summed E-state index contributed by atoms with van der Waals surface area (Å²) in [5, 5.41) is 0. The van der Waals surface area contributed by atoms with Crippen LogP contribution in [0.25, 0.3) is 11.0 Å². The molecule has 0 N–H and O–H groups in total. The molecule has 2 heterocycles. The largest absolute Gasteiger partial charge is 0.497 e. The van der Waals surface area contributed by atoms with Crippen LogP contribution in [0.1, 0.15) is 30.3 Å². The fraction of sp³-hybridized carbons (Fsp3) is 0.381. The van der Waals surface area contributed by atoms with Crippen molar-refractivity contribution in [2.45, 2.75) is 32.5 Å². The first-order chi connectivity index (χ1) is 12.7. The third-order valence-electron chi connectivity index (χ3n) is 5.33. The zero-order valence-electron chi connectivity index (χ0n) is 15.6. The summed E-state index contributed by atoms with van der Waals surface area (Å²) in [7, 11) is 3.44. The number of hydrogen-bond donors (Lipinski definition) is 0. The van der Waals surface area contributed by atoms with Gasteiger partial charge in [0.25, 0.3) is 0 Å². The van der Waals surface area contributed by atoms with E-state index in [0.29, 0.717) is 6.04 Å². The molecule has 1 aromatic heterocycles. The molecule has 1 saturated heterocycles. The highest BCUT2D eigenvalue weighted by Crippen LogP contribution is 2.39. The maximum absolute atomic E-state index is 5.63. The lowest BCUT2D eigenvalue weighted by molar-refractivity contribution is 0.199. The number of fused-ring (bicyclic) bond motifs is 1. The molecule has 2 aromatic carbocycles. The van der Waals surface area contributed by atoms with E-state index in [0.717, 1.165) is 42.5 Å². The highest BCUT2D eigenvalue weighted by molar-refractivity contribution is 5.75. The van der Waals surface area contributed by atoms with Crippen molar-refractivity contribution in [3.8, 4) is 11.5 Å². The summed E-state index contributed by atoms with van der Waals surface area (Å²) in [5.74, 6) is 2.85. The van der Waals surface area contributed by atoms with E-state index >= 15 is 0 Å². The Balaban J connectivity index is 1.68. The van der Waals surface area contributed by atoms with Gasteiger partial charge >= 0.3 is 0 Å². The zero-order valence-corrected chi connectivity index (χ0v) is 15.6. The van der Waals surface area contributed by atoms with E-state index in [4.69, 9.17) is 14.5 Å². The van der Waals surface area contributed by atoms with E-state index in [1.165, 1.54) is 17.5 Å². The summed E-state index contributed by atoms with van der Waals surface area (Å²) in [4.78, 5) is 7.22. The second-order valence-corrected chi connectivity index (χ2v) is 6.80. The van der Waals surface area contributed by atoms with Gasteiger partial charge in [-0.25, -0.2) is 4.98 Å². The molecule has 4 rings (SSSR count). The molecule has 0 unspecified atom stereocenters. The summed E-state index contributed by atoms with van der Waals surface area (Å²) in [6, 6.07) is 14.7. The van der Waals surface area contributed by atoms with Gasteiger partial charge in [0, 0.05) is 18.2 Å². The normalized spacial score (nSPS) is 17.7. The van der Waals surface area contributed by atoms with Crippen LogP contribution in [-0.2, 0) is 6.67 Å². The summed E-state index contributed by atoms with van der Waals surface area (Å²) in [6.45, 7) is 3.98. The van der Waals surface area contributed by atoms with Gasteiger partial charge in [0.05, 0.1) is 31.9 Å². The first-order valence-corrected chi connectivity index (χ1v) is 9.09. The van der Waals surface area contributed by atoms with E-state index in [9.17, 15) is 0 Å². The Hall–Kier alpha value is -2.53. The van der Waals surface area contributed by atoms with Gasteiger partial charge < -0.3 is 14.0 Å². The molecule has 0 spiro atoms. The van der Waals surface area contributed by atoms with Crippen LogP contribution in [0.3, 0.4) is 0 Å². The van der Waals surface area contributed by atoms with Crippen LogP contribution >= 0.6 is 0 Å². The van der Waals surface area contributed by atoms with Crippen LogP contribution in [-0.4, -0.2) is 35.2 Å². The number of para-hydroxylation sites is 2. The minimum atomic E-state index is 0.320. The first-order valence-electron chi connectivity index (χ1n) is 9.09. The lowest BCUT2D eigenvalue weighted by atomic mass is 10.0. The molecular formula is C21H25N3O2. The number of nitrogens with zero attached hydrogens (tertiary/aromatic N) is 3. The van der Waals surface area contributed by atoms with Crippen molar-refractivity contribution in [3.63, 3.8) is 0 Å². The molecule has 136 valence electrons.